The van der Waals surface area contributed by atoms with Crippen LogP contribution in [0.1, 0.15) is 17.4 Å². The molecule has 1 aliphatic rings. The lowest BCUT2D eigenvalue weighted by atomic mass is 10.1. The van der Waals surface area contributed by atoms with Crippen molar-refractivity contribution < 1.29 is 19.0 Å². The molecule has 7 heteroatoms. The van der Waals surface area contributed by atoms with E-state index in [9.17, 15) is 4.79 Å². The Kier molecular flexibility index (Phi) is 4.89. The molecule has 1 N–H and O–H groups in total. The summed E-state index contributed by atoms with van der Waals surface area (Å²) in [4.78, 5) is 17.4. The van der Waals surface area contributed by atoms with E-state index in [1.54, 1.807) is 19.4 Å². The van der Waals surface area contributed by atoms with E-state index in [1.165, 1.54) is 0 Å². The number of nitrogens with one attached hydrogen (secondary N) is 1. The Labute approximate surface area is 162 Å². The molecule has 4 rings (SSSR count). The Hall–Kier alpha value is -3.48. The zero-order valence-electron chi connectivity index (χ0n) is 15.7. The Morgan fingerprint density at radius 1 is 1.25 bits per heavy atom. The molecule has 0 fully saturated rings. The van der Waals surface area contributed by atoms with Gasteiger partial charge in [0, 0.05) is 19.4 Å². The third-order valence-corrected chi connectivity index (χ3v) is 4.63. The number of amides is 1. The van der Waals surface area contributed by atoms with Crippen molar-refractivity contribution in [3.05, 3.63) is 72.3 Å². The van der Waals surface area contributed by atoms with Gasteiger partial charge in [-0.3, -0.25) is 4.79 Å². The molecule has 3 aromatic rings. The zero-order valence-corrected chi connectivity index (χ0v) is 15.7. The number of para-hydroxylation sites is 2. The lowest BCUT2D eigenvalue weighted by Gasteiger charge is -2.27. The van der Waals surface area contributed by atoms with E-state index in [2.05, 4.69) is 10.3 Å². The van der Waals surface area contributed by atoms with E-state index >= 15 is 0 Å². The summed E-state index contributed by atoms with van der Waals surface area (Å²) in [7, 11) is 3.50. The third kappa shape index (κ3) is 3.51. The fourth-order valence-electron chi connectivity index (χ4n) is 3.16. The Morgan fingerprint density at radius 3 is 2.82 bits per heavy atom. The number of carbonyl (C=O) groups is 1. The first-order valence-electron chi connectivity index (χ1n) is 8.95. The maximum Gasteiger partial charge on any atom is 0.265 e. The van der Waals surface area contributed by atoms with Crippen LogP contribution in [-0.2, 0) is 11.8 Å². The van der Waals surface area contributed by atoms with Gasteiger partial charge in [0.05, 0.1) is 7.11 Å². The van der Waals surface area contributed by atoms with Crippen LogP contribution in [0, 0.1) is 0 Å². The van der Waals surface area contributed by atoms with Crippen LogP contribution in [0.2, 0.25) is 0 Å². The second-order valence-electron chi connectivity index (χ2n) is 6.48. The summed E-state index contributed by atoms with van der Waals surface area (Å²) >= 11 is 0. The summed E-state index contributed by atoms with van der Waals surface area (Å²) < 4.78 is 18.7. The first-order chi connectivity index (χ1) is 13.7. The van der Waals surface area contributed by atoms with Crippen molar-refractivity contribution in [2.45, 2.75) is 12.1 Å². The number of carbonyl (C=O) groups excluding carboxylic acids is 1. The number of nitrogens with zero attached hydrogens (tertiary/aromatic N) is 2. The van der Waals surface area contributed by atoms with Crippen molar-refractivity contribution in [3.8, 4) is 17.2 Å². The number of hydrogen-bond acceptors (Lipinski definition) is 5. The number of benzene rings is 2. The minimum atomic E-state index is -0.747. The minimum Gasteiger partial charge on any atom is -0.497 e. The molecule has 7 nitrogen and oxygen atoms in total. The zero-order chi connectivity index (χ0) is 19.5. The average molecular weight is 379 g/mol. The number of imidazole rings is 1. The fourth-order valence-corrected chi connectivity index (χ4v) is 3.16. The maximum atomic E-state index is 13.0. The number of ether oxygens (including phenoxy) is 3. The van der Waals surface area contributed by atoms with Gasteiger partial charge in [0.1, 0.15) is 24.2 Å². The highest BCUT2D eigenvalue weighted by Crippen LogP contribution is 2.31. The molecule has 2 aromatic carbocycles. The molecular weight excluding hydrogens is 358 g/mol. The molecule has 144 valence electrons. The smallest absolute Gasteiger partial charge is 0.265 e. The molecule has 1 aromatic heterocycles. The van der Waals surface area contributed by atoms with Gasteiger partial charge < -0.3 is 24.1 Å². The normalized spacial score (nSPS) is 16.3. The monoisotopic (exact) mass is 379 g/mol. The quantitative estimate of drug-likeness (QED) is 0.737. The van der Waals surface area contributed by atoms with Crippen molar-refractivity contribution in [1.82, 2.24) is 14.9 Å². The van der Waals surface area contributed by atoms with E-state index in [1.807, 2.05) is 60.3 Å². The summed E-state index contributed by atoms with van der Waals surface area (Å²) in [5.41, 5.74) is 0.860. The highest BCUT2D eigenvalue weighted by molar-refractivity contribution is 5.82. The third-order valence-electron chi connectivity index (χ3n) is 4.63. The summed E-state index contributed by atoms with van der Waals surface area (Å²) in [6.45, 7) is 0.147. The Morgan fingerprint density at radius 2 is 2.07 bits per heavy atom. The maximum absolute atomic E-state index is 13.0. The van der Waals surface area contributed by atoms with E-state index < -0.39 is 12.1 Å². The van der Waals surface area contributed by atoms with Gasteiger partial charge in [0.2, 0.25) is 6.10 Å². The molecule has 28 heavy (non-hydrogen) atoms. The number of methoxy groups -OCH3 is 1. The minimum absolute atomic E-state index is 0.147. The molecule has 1 aliphatic heterocycles. The van der Waals surface area contributed by atoms with Crippen LogP contribution in [0.15, 0.2) is 60.9 Å². The lowest BCUT2D eigenvalue weighted by Crippen LogP contribution is -2.45. The van der Waals surface area contributed by atoms with Gasteiger partial charge in [0.15, 0.2) is 11.5 Å². The summed E-state index contributed by atoms with van der Waals surface area (Å²) in [6, 6.07) is 14.4. The number of fused-ring (bicyclic) bond motifs is 1. The molecule has 0 saturated heterocycles. The predicted octanol–water partition coefficient (Wildman–Crippen LogP) is 2.47. The molecule has 0 spiro atoms. The van der Waals surface area contributed by atoms with Crippen LogP contribution in [0.4, 0.5) is 0 Å². The number of rotatable bonds is 5. The van der Waals surface area contributed by atoms with Crippen LogP contribution in [0.5, 0.6) is 17.2 Å². The van der Waals surface area contributed by atoms with Crippen molar-refractivity contribution in [1.29, 1.82) is 0 Å². The molecule has 0 aliphatic carbocycles. The summed E-state index contributed by atoms with van der Waals surface area (Å²) in [6.07, 6.45) is 2.79. The van der Waals surface area contributed by atoms with Gasteiger partial charge in [-0.05, 0) is 29.8 Å². The summed E-state index contributed by atoms with van der Waals surface area (Å²) in [5, 5.41) is 3.05. The van der Waals surface area contributed by atoms with Gasteiger partial charge in [-0.15, -0.1) is 0 Å². The molecule has 0 saturated carbocycles. The van der Waals surface area contributed by atoms with Gasteiger partial charge in [-0.1, -0.05) is 24.3 Å². The average Bonchev–Trinajstić information content (AvgIpc) is 3.17. The first-order valence-corrected chi connectivity index (χ1v) is 8.95. The van der Waals surface area contributed by atoms with Crippen LogP contribution < -0.4 is 19.5 Å². The molecule has 2 atom stereocenters. The lowest BCUT2D eigenvalue weighted by molar-refractivity contribution is -0.130. The van der Waals surface area contributed by atoms with E-state index in [4.69, 9.17) is 14.2 Å². The number of aryl methyl sites for hydroxylation is 1. The largest absolute Gasteiger partial charge is 0.497 e. The molecule has 0 bridgehead atoms. The second-order valence-corrected chi connectivity index (χ2v) is 6.48. The first kappa shape index (κ1) is 17.9. The van der Waals surface area contributed by atoms with Crippen molar-refractivity contribution in [3.63, 3.8) is 0 Å². The predicted molar refractivity (Wildman–Crippen MR) is 103 cm³/mol. The van der Waals surface area contributed by atoms with Crippen LogP contribution in [-0.4, -0.2) is 35.3 Å². The SMILES string of the molecule is COc1cccc([C@H](NC(=O)[C@@H]2COc3ccccc3O2)c2nccn2C)c1. The number of hydrogen-bond donors (Lipinski definition) is 1. The van der Waals surface area contributed by atoms with Gasteiger partial charge >= 0.3 is 0 Å². The van der Waals surface area contributed by atoms with E-state index in [0.29, 0.717) is 23.1 Å². The topological polar surface area (TPSA) is 74.6 Å². The van der Waals surface area contributed by atoms with E-state index in [-0.39, 0.29) is 12.5 Å². The Bertz CT molecular complexity index is 985. The molecule has 0 radical (unpaired) electrons. The molecule has 1 amide bonds. The van der Waals surface area contributed by atoms with Crippen LogP contribution in [0.25, 0.3) is 0 Å². The second kappa shape index (κ2) is 7.64. The van der Waals surface area contributed by atoms with Crippen molar-refractivity contribution in [2.75, 3.05) is 13.7 Å². The van der Waals surface area contributed by atoms with Crippen LogP contribution in [0.3, 0.4) is 0 Å². The van der Waals surface area contributed by atoms with Crippen molar-refractivity contribution >= 4 is 5.91 Å². The fraction of sp³-hybridized carbons (Fsp3) is 0.238. The Balaban J connectivity index is 1.59. The molecule has 2 heterocycles. The van der Waals surface area contributed by atoms with Gasteiger partial charge in [-0.2, -0.15) is 0 Å². The highest BCUT2D eigenvalue weighted by atomic mass is 16.6. The van der Waals surface area contributed by atoms with Crippen LogP contribution >= 0.6 is 0 Å². The standard InChI is InChI=1S/C21H21N3O4/c1-24-11-10-22-20(24)19(14-6-5-7-15(12-14)26-2)23-21(25)18-13-27-16-8-3-4-9-17(16)28-18/h3-12,18-19H,13H2,1-2H3,(H,23,25)/t18-,19-/m0/s1. The van der Waals surface area contributed by atoms with Gasteiger partial charge in [0.25, 0.3) is 5.91 Å². The number of aromatic nitrogens is 2. The summed E-state index contributed by atoms with van der Waals surface area (Å²) in [5.74, 6) is 2.34. The van der Waals surface area contributed by atoms with Crippen molar-refractivity contribution in [2.24, 2.45) is 7.05 Å². The highest BCUT2D eigenvalue weighted by Gasteiger charge is 2.30. The van der Waals surface area contributed by atoms with E-state index in [0.717, 1.165) is 5.56 Å². The van der Waals surface area contributed by atoms with Gasteiger partial charge in [-0.25, -0.2) is 4.98 Å². The molecule has 0 unspecified atom stereocenters. The molecular formula is C21H21N3O4.